The molecule has 0 atom stereocenters. The lowest BCUT2D eigenvalue weighted by Gasteiger charge is -2.14. The number of carbonyl (C=O) groups excluding carboxylic acids is 1. The number of amides is 1. The number of ether oxygens (including phenoxy) is 4. The minimum atomic E-state index is -0.630. The number of fused-ring (bicyclic) bond motifs is 1. The van der Waals surface area contributed by atoms with E-state index in [1.165, 1.54) is 6.08 Å². The molecule has 0 saturated carbocycles. The summed E-state index contributed by atoms with van der Waals surface area (Å²) in [5, 5.41) is 12.7. The van der Waals surface area contributed by atoms with Crippen LogP contribution in [0.4, 0.5) is 5.69 Å². The summed E-state index contributed by atoms with van der Waals surface area (Å²) in [6.07, 6.45) is 1.45. The van der Waals surface area contributed by atoms with E-state index in [1.807, 2.05) is 31.2 Å². The van der Waals surface area contributed by atoms with Crippen molar-refractivity contribution in [1.82, 2.24) is 0 Å². The maximum Gasteiger partial charge on any atom is 0.266 e. The standard InChI is InChI=1S/C26H19BrCl2N2O5/c1-2-33-23-10-16(9-17(12-30)26(32)31-20-5-3-4-19(28)25(20)29)18(27)11-24(23)34-13-15-6-7-21-22(8-15)36-14-35-21/h3-11H,2,13-14H2,1H3,(H,31,32)/b17-9-. The monoisotopic (exact) mass is 588 g/mol. The Labute approximate surface area is 226 Å². The molecule has 1 aliphatic heterocycles. The van der Waals surface area contributed by atoms with Gasteiger partial charge in [-0.2, -0.15) is 5.26 Å². The SMILES string of the molecule is CCOc1cc(/C=C(/C#N)C(=O)Nc2cccc(Cl)c2Cl)c(Br)cc1OCc1ccc2c(c1)OCO2. The molecule has 1 N–H and O–H groups in total. The topological polar surface area (TPSA) is 89.8 Å². The van der Waals surface area contributed by atoms with Crippen LogP contribution in [0.1, 0.15) is 18.1 Å². The van der Waals surface area contributed by atoms with Gasteiger partial charge in [0, 0.05) is 4.47 Å². The van der Waals surface area contributed by atoms with Gasteiger partial charge in [0.05, 0.1) is 22.3 Å². The summed E-state index contributed by atoms with van der Waals surface area (Å²) < 4.78 is 23.1. The molecule has 1 aliphatic rings. The summed E-state index contributed by atoms with van der Waals surface area (Å²) in [5.74, 6) is 1.69. The van der Waals surface area contributed by atoms with Crippen LogP contribution in [0.5, 0.6) is 23.0 Å². The molecule has 0 unspecified atom stereocenters. The van der Waals surface area contributed by atoms with Crippen LogP contribution in [0.15, 0.2) is 58.6 Å². The number of carbonyl (C=O) groups is 1. The van der Waals surface area contributed by atoms with Gasteiger partial charge in [-0.05, 0) is 60.5 Å². The Balaban J connectivity index is 1.56. The second-order valence-electron chi connectivity index (χ2n) is 7.46. The van der Waals surface area contributed by atoms with Crippen molar-refractivity contribution in [1.29, 1.82) is 5.26 Å². The van der Waals surface area contributed by atoms with E-state index in [2.05, 4.69) is 21.2 Å². The molecular formula is C26H19BrCl2N2O5. The van der Waals surface area contributed by atoms with Gasteiger partial charge in [-0.25, -0.2) is 0 Å². The molecule has 0 saturated heterocycles. The van der Waals surface area contributed by atoms with Crippen molar-refractivity contribution in [2.24, 2.45) is 0 Å². The molecule has 4 rings (SSSR count). The van der Waals surface area contributed by atoms with Gasteiger partial charge in [-0.1, -0.05) is 51.3 Å². The van der Waals surface area contributed by atoms with Crippen molar-refractivity contribution in [2.45, 2.75) is 13.5 Å². The third-order valence-corrected chi connectivity index (χ3v) is 6.56. The van der Waals surface area contributed by atoms with Crippen LogP contribution in [0.3, 0.4) is 0 Å². The quantitative estimate of drug-likeness (QED) is 0.224. The number of hydrogen-bond donors (Lipinski definition) is 1. The van der Waals surface area contributed by atoms with E-state index in [9.17, 15) is 10.1 Å². The molecule has 10 heteroatoms. The maximum absolute atomic E-state index is 12.7. The molecule has 36 heavy (non-hydrogen) atoms. The molecular weight excluding hydrogens is 571 g/mol. The van der Waals surface area contributed by atoms with Gasteiger partial charge in [0.15, 0.2) is 23.0 Å². The number of rotatable bonds is 8. The smallest absolute Gasteiger partial charge is 0.266 e. The molecule has 0 fully saturated rings. The van der Waals surface area contributed by atoms with Gasteiger partial charge < -0.3 is 24.3 Å². The van der Waals surface area contributed by atoms with Crippen molar-refractivity contribution < 1.29 is 23.7 Å². The van der Waals surface area contributed by atoms with Crippen LogP contribution in [-0.2, 0) is 11.4 Å². The van der Waals surface area contributed by atoms with E-state index < -0.39 is 5.91 Å². The molecule has 7 nitrogen and oxygen atoms in total. The van der Waals surface area contributed by atoms with Crippen molar-refractivity contribution in [3.8, 4) is 29.1 Å². The number of hydrogen-bond acceptors (Lipinski definition) is 6. The highest BCUT2D eigenvalue weighted by atomic mass is 79.9. The van der Waals surface area contributed by atoms with Crippen LogP contribution < -0.4 is 24.3 Å². The Morgan fingerprint density at radius 1 is 1.14 bits per heavy atom. The van der Waals surface area contributed by atoms with E-state index in [0.29, 0.717) is 45.3 Å². The predicted molar refractivity (Wildman–Crippen MR) is 141 cm³/mol. The van der Waals surface area contributed by atoms with E-state index >= 15 is 0 Å². The molecule has 3 aromatic carbocycles. The Bertz CT molecular complexity index is 1390. The fourth-order valence-corrected chi connectivity index (χ4v) is 4.11. The van der Waals surface area contributed by atoms with Crippen LogP contribution >= 0.6 is 39.1 Å². The Hall–Kier alpha value is -3.38. The van der Waals surface area contributed by atoms with Crippen LogP contribution in [0.2, 0.25) is 10.0 Å². The molecule has 0 aliphatic carbocycles. The van der Waals surface area contributed by atoms with E-state index in [0.717, 1.165) is 5.56 Å². The largest absolute Gasteiger partial charge is 0.490 e. The maximum atomic E-state index is 12.7. The molecule has 3 aromatic rings. The Morgan fingerprint density at radius 3 is 2.69 bits per heavy atom. The first-order valence-corrected chi connectivity index (χ1v) is 12.3. The minimum absolute atomic E-state index is 0.136. The van der Waals surface area contributed by atoms with Crippen molar-refractivity contribution in [3.63, 3.8) is 0 Å². The molecule has 0 bridgehead atoms. The van der Waals surface area contributed by atoms with Crippen molar-refractivity contribution in [3.05, 3.63) is 79.7 Å². The van der Waals surface area contributed by atoms with Crippen LogP contribution in [0.25, 0.3) is 6.08 Å². The normalized spacial score (nSPS) is 12.1. The van der Waals surface area contributed by atoms with Crippen molar-refractivity contribution >= 4 is 56.8 Å². The summed E-state index contributed by atoms with van der Waals surface area (Å²) in [6, 6.07) is 15.8. The third-order valence-electron chi connectivity index (χ3n) is 5.06. The molecule has 1 heterocycles. The number of benzene rings is 3. The zero-order valence-corrected chi connectivity index (χ0v) is 22.0. The summed E-state index contributed by atoms with van der Waals surface area (Å²) in [6.45, 7) is 2.71. The summed E-state index contributed by atoms with van der Waals surface area (Å²) in [5.41, 5.74) is 1.61. The molecule has 184 valence electrons. The summed E-state index contributed by atoms with van der Waals surface area (Å²) in [7, 11) is 0. The second kappa shape index (κ2) is 11.6. The van der Waals surface area contributed by atoms with Gasteiger partial charge in [0.2, 0.25) is 6.79 Å². The molecule has 1 amide bonds. The summed E-state index contributed by atoms with van der Waals surface area (Å²) in [4.78, 5) is 12.7. The average Bonchev–Trinajstić information content (AvgIpc) is 3.34. The highest BCUT2D eigenvalue weighted by Gasteiger charge is 2.17. The van der Waals surface area contributed by atoms with E-state index in [1.54, 1.807) is 30.3 Å². The Kier molecular flexibility index (Phi) is 8.26. The Morgan fingerprint density at radius 2 is 1.92 bits per heavy atom. The predicted octanol–water partition coefficient (Wildman–Crippen LogP) is 7.01. The lowest BCUT2D eigenvalue weighted by molar-refractivity contribution is -0.112. The van der Waals surface area contributed by atoms with E-state index in [-0.39, 0.29) is 29.0 Å². The molecule has 0 spiro atoms. The number of anilines is 1. The van der Waals surface area contributed by atoms with Crippen LogP contribution in [0, 0.1) is 11.3 Å². The van der Waals surface area contributed by atoms with E-state index in [4.69, 9.17) is 42.1 Å². The molecule has 0 aromatic heterocycles. The highest BCUT2D eigenvalue weighted by Crippen LogP contribution is 2.37. The molecule has 0 radical (unpaired) electrons. The van der Waals surface area contributed by atoms with Gasteiger partial charge >= 0.3 is 0 Å². The van der Waals surface area contributed by atoms with Gasteiger partial charge in [-0.15, -0.1) is 0 Å². The first-order chi connectivity index (χ1) is 17.4. The zero-order valence-electron chi connectivity index (χ0n) is 18.9. The lowest BCUT2D eigenvalue weighted by atomic mass is 10.1. The van der Waals surface area contributed by atoms with Crippen molar-refractivity contribution in [2.75, 3.05) is 18.7 Å². The average molecular weight is 590 g/mol. The highest BCUT2D eigenvalue weighted by molar-refractivity contribution is 9.10. The van der Waals surface area contributed by atoms with Gasteiger partial charge in [0.1, 0.15) is 18.2 Å². The minimum Gasteiger partial charge on any atom is -0.490 e. The number of nitriles is 1. The number of nitrogens with one attached hydrogen (secondary N) is 1. The fourth-order valence-electron chi connectivity index (χ4n) is 3.33. The van der Waals surface area contributed by atoms with Gasteiger partial charge in [-0.3, -0.25) is 4.79 Å². The third kappa shape index (κ3) is 5.88. The second-order valence-corrected chi connectivity index (χ2v) is 9.09. The fraction of sp³-hybridized carbons (Fsp3) is 0.154. The zero-order chi connectivity index (χ0) is 25.7. The van der Waals surface area contributed by atoms with Gasteiger partial charge in [0.25, 0.3) is 5.91 Å². The first-order valence-electron chi connectivity index (χ1n) is 10.7. The number of halogens is 3. The lowest BCUT2D eigenvalue weighted by Crippen LogP contribution is -2.13. The summed E-state index contributed by atoms with van der Waals surface area (Å²) >= 11 is 15.6. The first kappa shape index (κ1) is 25.7. The van der Waals surface area contributed by atoms with Crippen LogP contribution in [-0.4, -0.2) is 19.3 Å². The number of nitrogens with zero attached hydrogens (tertiary/aromatic N) is 1.